The fourth-order valence-electron chi connectivity index (χ4n) is 3.41. The number of rotatable bonds is 13. The molecule has 2 N–H and O–H groups in total. The number of hydrogen-bond acceptors (Lipinski definition) is 2. The highest BCUT2D eigenvalue weighted by atomic mass is 16.4. The summed E-state index contributed by atoms with van der Waals surface area (Å²) >= 11 is 0. The molecule has 0 aliphatic heterocycles. The van der Waals surface area contributed by atoms with E-state index in [0.29, 0.717) is 37.5 Å². The van der Waals surface area contributed by atoms with Crippen molar-refractivity contribution in [3.05, 3.63) is 0 Å². The third-order valence-corrected chi connectivity index (χ3v) is 5.17. The first-order valence-corrected chi connectivity index (χ1v) is 8.80. The lowest BCUT2D eigenvalue weighted by molar-refractivity contribution is -0.153. The van der Waals surface area contributed by atoms with Gasteiger partial charge in [-0.25, -0.2) is 0 Å². The van der Waals surface area contributed by atoms with Crippen LogP contribution in [-0.2, 0) is 9.59 Å². The molecule has 0 spiro atoms. The molecule has 130 valence electrons. The molecular weight excluding hydrogens is 280 g/mol. The second-order valence-corrected chi connectivity index (χ2v) is 6.61. The van der Waals surface area contributed by atoms with Gasteiger partial charge in [-0.15, -0.1) is 0 Å². The van der Waals surface area contributed by atoms with Crippen LogP contribution in [0.25, 0.3) is 0 Å². The van der Waals surface area contributed by atoms with E-state index in [9.17, 15) is 14.7 Å². The zero-order valence-corrected chi connectivity index (χ0v) is 14.7. The normalized spacial score (nSPS) is 12.1. The molecule has 0 aromatic rings. The Morgan fingerprint density at radius 1 is 0.864 bits per heavy atom. The van der Waals surface area contributed by atoms with Gasteiger partial charge in [0.15, 0.2) is 0 Å². The van der Waals surface area contributed by atoms with Gasteiger partial charge in [0.1, 0.15) is 0 Å². The SMILES string of the molecule is CCC(CC)CC(CCCC(=O)O)(CC(CC)CC)C(=O)O. The molecule has 0 atom stereocenters. The van der Waals surface area contributed by atoms with Crippen molar-refractivity contribution in [3.8, 4) is 0 Å². The fraction of sp³-hybridized carbons (Fsp3) is 0.889. The molecule has 22 heavy (non-hydrogen) atoms. The Morgan fingerprint density at radius 2 is 1.27 bits per heavy atom. The molecule has 0 aromatic carbocycles. The molecule has 0 aliphatic rings. The molecule has 0 aliphatic carbocycles. The average molecular weight is 314 g/mol. The molecule has 0 radical (unpaired) electrons. The van der Waals surface area contributed by atoms with Crippen LogP contribution in [0.2, 0.25) is 0 Å². The monoisotopic (exact) mass is 314 g/mol. The Labute approximate surface area is 135 Å². The number of carbonyl (C=O) groups is 2. The molecule has 0 bridgehead atoms. The van der Waals surface area contributed by atoms with E-state index in [1.165, 1.54) is 0 Å². The molecule has 0 fully saturated rings. The lowest BCUT2D eigenvalue weighted by Gasteiger charge is -2.35. The first kappa shape index (κ1) is 20.9. The van der Waals surface area contributed by atoms with Crippen LogP contribution < -0.4 is 0 Å². The van der Waals surface area contributed by atoms with E-state index in [-0.39, 0.29) is 6.42 Å². The summed E-state index contributed by atoms with van der Waals surface area (Å²) in [4.78, 5) is 22.9. The zero-order valence-electron chi connectivity index (χ0n) is 14.7. The third kappa shape index (κ3) is 6.80. The molecule has 0 rings (SSSR count). The van der Waals surface area contributed by atoms with Crippen LogP contribution >= 0.6 is 0 Å². The summed E-state index contributed by atoms with van der Waals surface area (Å²) in [5.41, 5.74) is -0.761. The van der Waals surface area contributed by atoms with Crippen LogP contribution in [0.5, 0.6) is 0 Å². The summed E-state index contributed by atoms with van der Waals surface area (Å²) in [6.45, 7) is 8.43. The van der Waals surface area contributed by atoms with E-state index in [1.807, 2.05) is 0 Å². The van der Waals surface area contributed by atoms with Gasteiger partial charge in [-0.05, 0) is 37.5 Å². The summed E-state index contributed by atoms with van der Waals surface area (Å²) in [5.74, 6) is -0.786. The van der Waals surface area contributed by atoms with Crippen molar-refractivity contribution in [1.82, 2.24) is 0 Å². The highest BCUT2D eigenvalue weighted by molar-refractivity contribution is 5.75. The van der Waals surface area contributed by atoms with Gasteiger partial charge in [0.05, 0.1) is 5.41 Å². The Kier molecular flexibility index (Phi) is 10.1. The highest BCUT2D eigenvalue weighted by Crippen LogP contribution is 2.42. The minimum Gasteiger partial charge on any atom is -0.481 e. The van der Waals surface area contributed by atoms with Crippen LogP contribution in [0.3, 0.4) is 0 Å². The van der Waals surface area contributed by atoms with Crippen molar-refractivity contribution in [2.24, 2.45) is 17.3 Å². The third-order valence-electron chi connectivity index (χ3n) is 5.17. The molecule has 0 heterocycles. The van der Waals surface area contributed by atoms with Crippen molar-refractivity contribution >= 4 is 11.9 Å². The maximum Gasteiger partial charge on any atom is 0.309 e. The minimum absolute atomic E-state index is 0.0564. The average Bonchev–Trinajstić information content (AvgIpc) is 2.48. The lowest BCUT2D eigenvalue weighted by atomic mass is 9.68. The van der Waals surface area contributed by atoms with Gasteiger partial charge in [-0.2, -0.15) is 0 Å². The van der Waals surface area contributed by atoms with Gasteiger partial charge in [0.2, 0.25) is 0 Å². The number of carboxylic acid groups (broad SMARTS) is 2. The van der Waals surface area contributed by atoms with Crippen molar-refractivity contribution in [3.63, 3.8) is 0 Å². The zero-order chi connectivity index (χ0) is 17.2. The van der Waals surface area contributed by atoms with Crippen molar-refractivity contribution in [2.75, 3.05) is 0 Å². The molecule has 0 unspecified atom stereocenters. The summed E-state index contributed by atoms with van der Waals surface area (Å²) in [5, 5.41) is 18.8. The van der Waals surface area contributed by atoms with Gasteiger partial charge >= 0.3 is 11.9 Å². The molecule has 0 aromatic heterocycles. The van der Waals surface area contributed by atoms with Crippen LogP contribution in [-0.4, -0.2) is 22.2 Å². The Balaban J connectivity index is 5.23. The number of aliphatic carboxylic acids is 2. The predicted octanol–water partition coefficient (Wildman–Crippen LogP) is 4.96. The predicted molar refractivity (Wildman–Crippen MR) is 88.9 cm³/mol. The molecule has 0 saturated heterocycles. The molecule has 4 heteroatoms. The Hall–Kier alpha value is -1.06. The number of carboxylic acids is 2. The topological polar surface area (TPSA) is 74.6 Å². The second-order valence-electron chi connectivity index (χ2n) is 6.61. The Morgan fingerprint density at radius 3 is 1.55 bits per heavy atom. The van der Waals surface area contributed by atoms with E-state index < -0.39 is 17.4 Å². The smallest absolute Gasteiger partial charge is 0.309 e. The van der Waals surface area contributed by atoms with Crippen LogP contribution in [0, 0.1) is 17.3 Å². The standard InChI is InChI=1S/C18H34O4/c1-5-14(6-2)12-18(17(21)22,11-9-10-16(19)20)13-15(7-3)8-4/h14-15H,5-13H2,1-4H3,(H,19,20)(H,21,22). The van der Waals surface area contributed by atoms with E-state index in [0.717, 1.165) is 25.7 Å². The maximum atomic E-state index is 12.1. The molecular formula is C18H34O4. The highest BCUT2D eigenvalue weighted by Gasteiger charge is 2.40. The van der Waals surface area contributed by atoms with E-state index in [4.69, 9.17) is 5.11 Å². The van der Waals surface area contributed by atoms with E-state index >= 15 is 0 Å². The summed E-state index contributed by atoms with van der Waals surface area (Å²) in [7, 11) is 0. The van der Waals surface area contributed by atoms with Crippen LogP contribution in [0.15, 0.2) is 0 Å². The summed E-state index contributed by atoms with van der Waals surface area (Å²) < 4.78 is 0. The van der Waals surface area contributed by atoms with Gasteiger partial charge < -0.3 is 10.2 Å². The first-order chi connectivity index (χ1) is 10.3. The quantitative estimate of drug-likeness (QED) is 0.503. The van der Waals surface area contributed by atoms with Crippen LogP contribution in [0.1, 0.15) is 85.5 Å². The minimum atomic E-state index is -0.843. The molecule has 4 nitrogen and oxygen atoms in total. The first-order valence-electron chi connectivity index (χ1n) is 8.80. The van der Waals surface area contributed by atoms with Gasteiger partial charge in [-0.3, -0.25) is 9.59 Å². The van der Waals surface area contributed by atoms with Crippen LogP contribution in [0.4, 0.5) is 0 Å². The summed E-state index contributed by atoms with van der Waals surface area (Å²) in [6.07, 6.45) is 6.24. The Bertz CT molecular complexity index is 316. The van der Waals surface area contributed by atoms with E-state index in [2.05, 4.69) is 27.7 Å². The van der Waals surface area contributed by atoms with Gasteiger partial charge in [0, 0.05) is 6.42 Å². The number of hydrogen-bond donors (Lipinski definition) is 2. The van der Waals surface area contributed by atoms with Crippen molar-refractivity contribution < 1.29 is 19.8 Å². The molecule has 0 amide bonds. The van der Waals surface area contributed by atoms with Crippen molar-refractivity contribution in [1.29, 1.82) is 0 Å². The maximum absolute atomic E-state index is 12.1. The van der Waals surface area contributed by atoms with E-state index in [1.54, 1.807) is 0 Å². The lowest BCUT2D eigenvalue weighted by Crippen LogP contribution is -2.35. The molecule has 0 saturated carbocycles. The second kappa shape index (κ2) is 10.6. The largest absolute Gasteiger partial charge is 0.481 e. The van der Waals surface area contributed by atoms with Gasteiger partial charge in [0.25, 0.3) is 0 Å². The summed E-state index contributed by atoms with van der Waals surface area (Å²) in [6, 6.07) is 0. The van der Waals surface area contributed by atoms with Gasteiger partial charge in [-0.1, -0.05) is 53.4 Å². The fourth-order valence-corrected chi connectivity index (χ4v) is 3.41. The van der Waals surface area contributed by atoms with Crippen molar-refractivity contribution in [2.45, 2.75) is 85.5 Å².